The van der Waals surface area contributed by atoms with Gasteiger partial charge in [0.1, 0.15) is 5.75 Å². The Hall–Kier alpha value is -2.22. The molecule has 0 N–H and O–H groups in total. The van der Waals surface area contributed by atoms with Gasteiger partial charge in [0, 0.05) is 0 Å². The molecule has 3 fully saturated rings. The Balaban J connectivity index is 1.56. The number of nitrogens with zero attached hydrogens (tertiary/aromatic N) is 1. The van der Waals surface area contributed by atoms with Crippen LogP contribution in [0.4, 0.5) is 5.69 Å². The summed E-state index contributed by atoms with van der Waals surface area (Å²) in [5, 5.41) is 0. The van der Waals surface area contributed by atoms with E-state index in [1.807, 2.05) is 19.1 Å². The molecule has 4 aliphatic heterocycles. The highest BCUT2D eigenvalue weighted by atomic mass is 16.7. The number of rotatable bonds is 3. The van der Waals surface area contributed by atoms with Gasteiger partial charge in [-0.25, -0.2) is 4.90 Å². The molecule has 4 heterocycles. The topological polar surface area (TPSA) is 74.3 Å². The standard InChI is InChI=1S/C19H19NO6/c1-18-7-8-19(26-18,17-24-9-10-25-17)14-13(18)15(21)20(16(14)22)11-3-5-12(23-2)6-4-11/h3-8,13-14,17H,9-10H2,1-2H3/t13-,14-,18+,19+/m0/s1. The van der Waals surface area contributed by atoms with Crippen molar-refractivity contribution >= 4 is 17.5 Å². The van der Waals surface area contributed by atoms with Gasteiger partial charge in [0.15, 0.2) is 11.9 Å². The summed E-state index contributed by atoms with van der Waals surface area (Å²) in [4.78, 5) is 27.7. The summed E-state index contributed by atoms with van der Waals surface area (Å²) in [6.45, 7) is 2.73. The van der Waals surface area contributed by atoms with Crippen LogP contribution in [-0.4, -0.2) is 49.6 Å². The smallest absolute Gasteiger partial charge is 0.241 e. The monoisotopic (exact) mass is 357 g/mol. The van der Waals surface area contributed by atoms with E-state index in [0.29, 0.717) is 24.7 Å². The third-order valence-corrected chi connectivity index (χ3v) is 5.80. The largest absolute Gasteiger partial charge is 0.497 e. The lowest BCUT2D eigenvalue weighted by atomic mass is 9.72. The highest BCUT2D eigenvalue weighted by Crippen LogP contribution is 2.59. The number of ether oxygens (including phenoxy) is 4. The van der Waals surface area contributed by atoms with E-state index in [2.05, 4.69) is 0 Å². The molecule has 26 heavy (non-hydrogen) atoms. The lowest BCUT2D eigenvalue weighted by Crippen LogP contribution is -2.49. The lowest BCUT2D eigenvalue weighted by Gasteiger charge is -2.32. The molecule has 4 aliphatic rings. The molecule has 4 atom stereocenters. The van der Waals surface area contributed by atoms with Gasteiger partial charge in [-0.05, 0) is 37.3 Å². The highest BCUT2D eigenvalue weighted by Gasteiger charge is 2.75. The van der Waals surface area contributed by atoms with Crippen LogP contribution in [0.3, 0.4) is 0 Å². The van der Waals surface area contributed by atoms with Crippen LogP contribution in [0.25, 0.3) is 0 Å². The van der Waals surface area contributed by atoms with Gasteiger partial charge in [0.25, 0.3) is 0 Å². The number of benzene rings is 1. The second-order valence-corrected chi connectivity index (χ2v) is 7.21. The molecule has 136 valence electrons. The molecule has 1 aromatic carbocycles. The molecule has 0 unspecified atom stereocenters. The number of anilines is 1. The van der Waals surface area contributed by atoms with E-state index in [1.54, 1.807) is 31.4 Å². The van der Waals surface area contributed by atoms with Gasteiger partial charge in [0.2, 0.25) is 11.8 Å². The van der Waals surface area contributed by atoms with E-state index in [1.165, 1.54) is 4.90 Å². The van der Waals surface area contributed by atoms with Crippen LogP contribution in [0, 0.1) is 11.8 Å². The third-order valence-electron chi connectivity index (χ3n) is 5.80. The Bertz CT molecular complexity index is 814. The number of amides is 2. The zero-order valence-electron chi connectivity index (χ0n) is 14.5. The molecule has 2 amide bonds. The second kappa shape index (κ2) is 5.16. The predicted octanol–water partition coefficient (Wildman–Crippen LogP) is 1.27. The first-order chi connectivity index (χ1) is 12.5. The van der Waals surface area contributed by atoms with Gasteiger partial charge in [-0.1, -0.05) is 6.08 Å². The van der Waals surface area contributed by atoms with E-state index in [4.69, 9.17) is 18.9 Å². The fraction of sp³-hybridized carbons (Fsp3) is 0.474. The zero-order chi connectivity index (χ0) is 18.1. The van der Waals surface area contributed by atoms with Crippen molar-refractivity contribution in [3.63, 3.8) is 0 Å². The molecule has 0 aliphatic carbocycles. The van der Waals surface area contributed by atoms with E-state index < -0.39 is 29.3 Å². The summed E-state index contributed by atoms with van der Waals surface area (Å²) in [5.41, 5.74) is -1.36. The minimum Gasteiger partial charge on any atom is -0.497 e. The first kappa shape index (κ1) is 16.0. The normalized spacial score (nSPS) is 38.5. The summed E-state index contributed by atoms with van der Waals surface area (Å²) in [6, 6.07) is 6.88. The Morgan fingerprint density at radius 1 is 1.04 bits per heavy atom. The average Bonchev–Trinajstić information content (AvgIpc) is 3.38. The van der Waals surface area contributed by atoms with Crippen molar-refractivity contribution in [1.82, 2.24) is 0 Å². The number of carbonyl (C=O) groups excluding carboxylic acids is 2. The SMILES string of the molecule is COc1ccc(N2C(=O)[C@@H]3[C@@H](C2=O)[C@@]2(C4OCCO4)C=C[C@@]3(C)O2)cc1. The summed E-state index contributed by atoms with van der Waals surface area (Å²) in [7, 11) is 1.57. The molecule has 2 bridgehead atoms. The molecular formula is C19H19NO6. The number of methoxy groups -OCH3 is 1. The fourth-order valence-electron chi connectivity index (χ4n) is 4.66. The van der Waals surface area contributed by atoms with Crippen molar-refractivity contribution in [3.8, 4) is 5.75 Å². The van der Waals surface area contributed by atoms with E-state index in [9.17, 15) is 9.59 Å². The molecular weight excluding hydrogens is 338 g/mol. The Morgan fingerprint density at radius 2 is 1.69 bits per heavy atom. The maximum atomic E-state index is 13.3. The van der Waals surface area contributed by atoms with Gasteiger partial charge < -0.3 is 18.9 Å². The van der Waals surface area contributed by atoms with Crippen molar-refractivity contribution in [1.29, 1.82) is 0 Å². The Kier molecular flexibility index (Phi) is 3.17. The van der Waals surface area contributed by atoms with Crippen molar-refractivity contribution in [2.75, 3.05) is 25.2 Å². The molecule has 5 rings (SSSR count). The minimum atomic E-state index is -1.05. The van der Waals surface area contributed by atoms with Gasteiger partial charge >= 0.3 is 0 Å². The average molecular weight is 357 g/mol. The van der Waals surface area contributed by atoms with Gasteiger partial charge in [0.05, 0.1) is 43.4 Å². The summed E-state index contributed by atoms with van der Waals surface area (Å²) in [6.07, 6.45) is 3.03. The highest BCUT2D eigenvalue weighted by molar-refractivity contribution is 6.23. The molecule has 1 aromatic rings. The van der Waals surface area contributed by atoms with Crippen molar-refractivity contribution in [2.24, 2.45) is 11.8 Å². The number of carbonyl (C=O) groups is 2. The molecule has 3 saturated heterocycles. The molecule has 0 spiro atoms. The quantitative estimate of drug-likeness (QED) is 0.599. The van der Waals surface area contributed by atoms with Crippen LogP contribution in [0.2, 0.25) is 0 Å². The maximum absolute atomic E-state index is 13.3. The van der Waals surface area contributed by atoms with E-state index in [-0.39, 0.29) is 11.8 Å². The fourth-order valence-corrected chi connectivity index (χ4v) is 4.66. The van der Waals surface area contributed by atoms with Crippen LogP contribution in [-0.2, 0) is 23.8 Å². The van der Waals surface area contributed by atoms with Crippen molar-refractivity contribution < 1.29 is 28.5 Å². The van der Waals surface area contributed by atoms with Crippen LogP contribution in [0.5, 0.6) is 5.75 Å². The molecule has 7 nitrogen and oxygen atoms in total. The number of imide groups is 1. The third kappa shape index (κ3) is 1.83. The molecule has 0 radical (unpaired) electrons. The number of fused-ring (bicyclic) bond motifs is 5. The number of hydrogen-bond donors (Lipinski definition) is 0. The maximum Gasteiger partial charge on any atom is 0.241 e. The second-order valence-electron chi connectivity index (χ2n) is 7.21. The summed E-state index contributed by atoms with van der Waals surface area (Å²) >= 11 is 0. The van der Waals surface area contributed by atoms with Gasteiger partial charge in [-0.2, -0.15) is 0 Å². The summed E-state index contributed by atoms with van der Waals surface area (Å²) in [5.74, 6) is -1.12. The van der Waals surface area contributed by atoms with Crippen molar-refractivity contribution in [2.45, 2.75) is 24.4 Å². The summed E-state index contributed by atoms with van der Waals surface area (Å²) < 4.78 is 22.7. The van der Waals surface area contributed by atoms with Crippen LogP contribution >= 0.6 is 0 Å². The van der Waals surface area contributed by atoms with E-state index >= 15 is 0 Å². The van der Waals surface area contributed by atoms with Crippen LogP contribution < -0.4 is 9.64 Å². The minimum absolute atomic E-state index is 0.253. The lowest BCUT2D eigenvalue weighted by molar-refractivity contribution is -0.190. The predicted molar refractivity (Wildman–Crippen MR) is 89.5 cm³/mol. The Morgan fingerprint density at radius 3 is 2.35 bits per heavy atom. The van der Waals surface area contributed by atoms with Gasteiger partial charge in [-0.15, -0.1) is 0 Å². The number of hydrogen-bond acceptors (Lipinski definition) is 6. The van der Waals surface area contributed by atoms with Crippen molar-refractivity contribution in [3.05, 3.63) is 36.4 Å². The molecule has 7 heteroatoms. The zero-order valence-corrected chi connectivity index (χ0v) is 14.5. The molecule has 0 saturated carbocycles. The van der Waals surface area contributed by atoms with Crippen LogP contribution in [0.15, 0.2) is 36.4 Å². The molecule has 0 aromatic heterocycles. The first-order valence-corrected chi connectivity index (χ1v) is 8.66. The first-order valence-electron chi connectivity index (χ1n) is 8.66. The Labute approximate surface area is 150 Å². The van der Waals surface area contributed by atoms with E-state index in [0.717, 1.165) is 0 Å². The van der Waals surface area contributed by atoms with Crippen LogP contribution in [0.1, 0.15) is 6.92 Å². The van der Waals surface area contributed by atoms with Gasteiger partial charge in [-0.3, -0.25) is 9.59 Å².